The Balaban J connectivity index is 1.81. The van der Waals surface area contributed by atoms with Crippen LogP contribution in [0.2, 0.25) is 0 Å². The van der Waals surface area contributed by atoms with E-state index in [1.807, 2.05) is 30.3 Å². The number of carbonyl (C=O) groups is 1. The van der Waals surface area contributed by atoms with Crippen molar-refractivity contribution in [1.82, 2.24) is 9.13 Å². The molecule has 0 saturated carbocycles. The van der Waals surface area contributed by atoms with Crippen molar-refractivity contribution in [2.75, 3.05) is 0 Å². The first-order valence-electron chi connectivity index (χ1n) is 10.6. The molecule has 1 saturated heterocycles. The normalized spacial score (nSPS) is 22.0. The molecule has 1 aromatic carbocycles. The van der Waals surface area contributed by atoms with Crippen molar-refractivity contribution in [3.05, 3.63) is 68.5 Å². The third kappa shape index (κ3) is 5.53. The number of esters is 1. The number of rotatable bonds is 6. The van der Waals surface area contributed by atoms with Crippen LogP contribution < -0.4 is 11.2 Å². The fourth-order valence-corrected chi connectivity index (χ4v) is 3.73. The lowest BCUT2D eigenvalue weighted by atomic mass is 10.0. The van der Waals surface area contributed by atoms with Crippen LogP contribution in [0.25, 0.3) is 0 Å². The van der Waals surface area contributed by atoms with Gasteiger partial charge in [0.15, 0.2) is 0 Å². The second-order valence-corrected chi connectivity index (χ2v) is 9.10. The number of benzene rings is 1. The van der Waals surface area contributed by atoms with Crippen molar-refractivity contribution >= 4 is 5.97 Å². The predicted octanol–water partition coefficient (Wildman–Crippen LogP) is 1.11. The summed E-state index contributed by atoms with van der Waals surface area (Å²) in [5.41, 5.74) is -0.552. The minimum absolute atomic E-state index is 0.0267. The highest BCUT2D eigenvalue weighted by Crippen LogP contribution is 2.30. The van der Waals surface area contributed by atoms with E-state index in [1.165, 1.54) is 10.8 Å². The molecule has 0 radical (unpaired) electrons. The van der Waals surface area contributed by atoms with Crippen molar-refractivity contribution < 1.29 is 24.5 Å². The predicted molar refractivity (Wildman–Crippen MR) is 116 cm³/mol. The minimum atomic E-state index is -1.31. The summed E-state index contributed by atoms with van der Waals surface area (Å²) in [6, 6.07) is 9.12. The molecule has 2 aromatic rings. The third-order valence-electron chi connectivity index (χ3n) is 5.17. The Morgan fingerprint density at radius 1 is 1.25 bits per heavy atom. The van der Waals surface area contributed by atoms with E-state index in [2.05, 4.69) is 0 Å². The van der Waals surface area contributed by atoms with Crippen molar-refractivity contribution in [2.45, 2.75) is 77.2 Å². The van der Waals surface area contributed by atoms with Gasteiger partial charge >= 0.3 is 11.7 Å². The molecule has 174 valence electrons. The summed E-state index contributed by atoms with van der Waals surface area (Å²) < 4.78 is 13.3. The highest BCUT2D eigenvalue weighted by molar-refractivity contribution is 5.70. The van der Waals surface area contributed by atoms with Gasteiger partial charge in [-0.2, -0.15) is 0 Å². The summed E-state index contributed by atoms with van der Waals surface area (Å²) in [5.74, 6) is -0.617. The van der Waals surface area contributed by atoms with Gasteiger partial charge in [0.05, 0.1) is 25.2 Å². The molecule has 4 atom stereocenters. The summed E-state index contributed by atoms with van der Waals surface area (Å²) in [6.07, 6.45) is -3.31. The van der Waals surface area contributed by atoms with Gasteiger partial charge in [-0.25, -0.2) is 4.79 Å². The number of carbonyl (C=O) groups excluding carboxylic acids is 1. The Labute approximate surface area is 185 Å². The lowest BCUT2D eigenvalue weighted by molar-refractivity contribution is -0.161. The maximum absolute atomic E-state index is 13.1. The van der Waals surface area contributed by atoms with Gasteiger partial charge in [0.1, 0.15) is 17.9 Å². The standard InChI is InChI=1S/C23H30N2O7/c1-14-12-24(22(30)25(21(14)29)13-15-8-6-5-7-9-15)18-10-16(26)20(31-18)17(27)11-19(28)32-23(2,3)4/h5-9,12,16-18,20,26-27H,10-11,13H2,1-4H3/t16-,17-,18+,20-/m0/s1. The zero-order chi connectivity index (χ0) is 23.6. The van der Waals surface area contributed by atoms with E-state index < -0.39 is 47.4 Å². The molecule has 0 aliphatic carbocycles. The number of hydrogen-bond acceptors (Lipinski definition) is 7. The molecule has 9 nitrogen and oxygen atoms in total. The average molecular weight is 447 g/mol. The zero-order valence-electron chi connectivity index (χ0n) is 18.7. The van der Waals surface area contributed by atoms with Gasteiger partial charge in [-0.15, -0.1) is 0 Å². The average Bonchev–Trinajstić information content (AvgIpc) is 3.09. The summed E-state index contributed by atoms with van der Waals surface area (Å²) in [4.78, 5) is 37.7. The summed E-state index contributed by atoms with van der Waals surface area (Å²) in [6.45, 7) is 6.84. The third-order valence-corrected chi connectivity index (χ3v) is 5.17. The molecule has 9 heteroatoms. The maximum atomic E-state index is 13.1. The van der Waals surface area contributed by atoms with Crippen molar-refractivity contribution in [2.24, 2.45) is 0 Å². The second kappa shape index (κ2) is 9.40. The van der Waals surface area contributed by atoms with Gasteiger partial charge in [0.2, 0.25) is 0 Å². The fourth-order valence-electron chi connectivity index (χ4n) is 3.73. The van der Waals surface area contributed by atoms with Gasteiger partial charge in [-0.3, -0.25) is 18.7 Å². The van der Waals surface area contributed by atoms with Crippen LogP contribution in [-0.2, 0) is 20.8 Å². The van der Waals surface area contributed by atoms with Crippen LogP contribution in [0.1, 0.15) is 51.0 Å². The first-order valence-corrected chi connectivity index (χ1v) is 10.6. The second-order valence-electron chi connectivity index (χ2n) is 9.10. The Bertz CT molecular complexity index is 1070. The summed E-state index contributed by atoms with van der Waals surface area (Å²) in [7, 11) is 0. The number of ether oxygens (including phenoxy) is 2. The smallest absolute Gasteiger partial charge is 0.333 e. The number of nitrogens with zero attached hydrogens (tertiary/aromatic N) is 2. The molecule has 0 amide bonds. The molecule has 0 unspecified atom stereocenters. The first kappa shape index (κ1) is 23.9. The largest absolute Gasteiger partial charge is 0.460 e. The Morgan fingerprint density at radius 2 is 1.91 bits per heavy atom. The van der Waals surface area contributed by atoms with Crippen molar-refractivity contribution in [3.8, 4) is 0 Å². The molecule has 1 aliphatic heterocycles. The number of aliphatic hydroxyl groups excluding tert-OH is 2. The molecule has 2 N–H and O–H groups in total. The molecule has 0 bridgehead atoms. The zero-order valence-corrected chi connectivity index (χ0v) is 18.7. The Morgan fingerprint density at radius 3 is 2.53 bits per heavy atom. The van der Waals surface area contributed by atoms with Crippen molar-refractivity contribution in [3.63, 3.8) is 0 Å². The van der Waals surface area contributed by atoms with E-state index in [1.54, 1.807) is 27.7 Å². The van der Waals surface area contributed by atoms with Gasteiger partial charge < -0.3 is 19.7 Å². The van der Waals surface area contributed by atoms with Crippen LogP contribution in [0.5, 0.6) is 0 Å². The van der Waals surface area contributed by atoms with Gasteiger partial charge in [-0.05, 0) is 33.3 Å². The van der Waals surface area contributed by atoms with Gasteiger partial charge in [-0.1, -0.05) is 30.3 Å². The van der Waals surface area contributed by atoms with Crippen LogP contribution in [0.15, 0.2) is 46.1 Å². The number of aromatic nitrogens is 2. The monoisotopic (exact) mass is 446 g/mol. The van der Waals surface area contributed by atoms with Crippen LogP contribution in [-0.4, -0.2) is 49.2 Å². The number of aryl methyl sites for hydroxylation is 1. The van der Waals surface area contributed by atoms with Gasteiger partial charge in [0.25, 0.3) is 5.56 Å². The highest BCUT2D eigenvalue weighted by atomic mass is 16.6. The SMILES string of the molecule is Cc1cn([C@H]2C[C@H](O)[C@@H]([C@@H](O)CC(=O)OC(C)(C)C)O2)c(=O)n(Cc2ccccc2)c1=O. The van der Waals surface area contributed by atoms with E-state index >= 15 is 0 Å². The molecule has 32 heavy (non-hydrogen) atoms. The Hall–Kier alpha value is -2.75. The molecule has 1 aromatic heterocycles. The number of aliphatic hydroxyl groups is 2. The lowest BCUT2D eigenvalue weighted by Crippen LogP contribution is -2.42. The van der Waals surface area contributed by atoms with Crippen LogP contribution in [0.4, 0.5) is 0 Å². The quantitative estimate of drug-likeness (QED) is 0.638. The van der Waals surface area contributed by atoms with E-state index in [-0.39, 0.29) is 19.4 Å². The van der Waals surface area contributed by atoms with E-state index in [0.717, 1.165) is 10.1 Å². The summed E-state index contributed by atoms with van der Waals surface area (Å²) in [5, 5.41) is 20.9. The van der Waals surface area contributed by atoms with Crippen LogP contribution >= 0.6 is 0 Å². The molecule has 1 fully saturated rings. The molecular formula is C23H30N2O7. The minimum Gasteiger partial charge on any atom is -0.460 e. The van der Waals surface area contributed by atoms with E-state index in [0.29, 0.717) is 5.56 Å². The van der Waals surface area contributed by atoms with E-state index in [4.69, 9.17) is 9.47 Å². The van der Waals surface area contributed by atoms with Crippen molar-refractivity contribution in [1.29, 1.82) is 0 Å². The topological polar surface area (TPSA) is 120 Å². The maximum Gasteiger partial charge on any atom is 0.333 e. The molecule has 0 spiro atoms. The molecule has 2 heterocycles. The molecular weight excluding hydrogens is 416 g/mol. The molecule has 3 rings (SSSR count). The highest BCUT2D eigenvalue weighted by Gasteiger charge is 2.41. The van der Waals surface area contributed by atoms with Gasteiger partial charge in [0, 0.05) is 18.2 Å². The Kier molecular flexibility index (Phi) is 7.02. The van der Waals surface area contributed by atoms with E-state index in [9.17, 15) is 24.6 Å². The summed E-state index contributed by atoms with van der Waals surface area (Å²) >= 11 is 0. The fraction of sp³-hybridized carbons (Fsp3) is 0.522. The van der Waals surface area contributed by atoms with Crippen LogP contribution in [0.3, 0.4) is 0 Å². The number of hydrogen-bond donors (Lipinski definition) is 2. The molecule has 1 aliphatic rings. The first-order chi connectivity index (χ1) is 15.0. The lowest BCUT2D eigenvalue weighted by Gasteiger charge is -2.24. The van der Waals surface area contributed by atoms with Crippen LogP contribution in [0, 0.1) is 6.92 Å².